The second-order valence-corrected chi connectivity index (χ2v) is 11.4. The molecule has 42 heavy (non-hydrogen) atoms. The fourth-order valence-corrected chi connectivity index (χ4v) is 5.74. The van der Waals surface area contributed by atoms with Crippen LogP contribution in [0, 0.1) is 5.92 Å². The van der Waals surface area contributed by atoms with Crippen molar-refractivity contribution in [2.75, 3.05) is 12.3 Å². The number of rotatable bonds is 15. The number of ketones is 1. The predicted molar refractivity (Wildman–Crippen MR) is 158 cm³/mol. The molecule has 3 rings (SSSR count). The molecular formula is C29H35ClN4O7S. The molecule has 0 spiro atoms. The molecule has 2 aliphatic rings. The SMILES string of the molecule is O=C[C@H](CCC(=O)N1CCC[C@@H](C(=O)N[C@@H](CC(=O)O)C(=O)CSCc2ccccc2Cl)N1)NC(=O)C1C=CC=CC1. The Bertz CT molecular complexity index is 1220. The van der Waals surface area contributed by atoms with E-state index >= 15 is 0 Å². The highest BCUT2D eigenvalue weighted by atomic mass is 35.5. The molecule has 1 heterocycles. The molecule has 1 aliphatic carbocycles. The monoisotopic (exact) mass is 618 g/mol. The first-order chi connectivity index (χ1) is 20.2. The van der Waals surface area contributed by atoms with Gasteiger partial charge in [0, 0.05) is 23.7 Å². The maximum absolute atomic E-state index is 13.0. The maximum atomic E-state index is 13.0. The lowest BCUT2D eigenvalue weighted by atomic mass is 9.99. The molecule has 11 nitrogen and oxygen atoms in total. The van der Waals surface area contributed by atoms with Crippen LogP contribution in [-0.4, -0.2) is 76.3 Å². The molecule has 226 valence electrons. The van der Waals surface area contributed by atoms with Gasteiger partial charge in [-0.15, -0.1) is 11.8 Å². The van der Waals surface area contributed by atoms with Crippen molar-refractivity contribution in [1.82, 2.24) is 21.1 Å². The third-order valence-corrected chi connectivity index (χ3v) is 8.20. The van der Waals surface area contributed by atoms with Crippen molar-refractivity contribution in [3.63, 3.8) is 0 Å². The zero-order valence-electron chi connectivity index (χ0n) is 23.0. The van der Waals surface area contributed by atoms with Gasteiger partial charge < -0.3 is 20.5 Å². The molecule has 4 atom stereocenters. The normalized spacial score (nSPS) is 19.4. The van der Waals surface area contributed by atoms with E-state index in [1.165, 1.54) is 16.8 Å². The summed E-state index contributed by atoms with van der Waals surface area (Å²) < 4.78 is 0. The highest BCUT2D eigenvalue weighted by Gasteiger charge is 2.32. The lowest BCUT2D eigenvalue weighted by molar-refractivity contribution is -0.141. The number of carbonyl (C=O) groups excluding carboxylic acids is 5. The minimum absolute atomic E-state index is 0.0195. The van der Waals surface area contributed by atoms with Crippen LogP contribution in [0.5, 0.6) is 0 Å². The molecule has 0 radical (unpaired) electrons. The molecule has 0 aromatic heterocycles. The van der Waals surface area contributed by atoms with E-state index in [1.807, 2.05) is 24.3 Å². The summed E-state index contributed by atoms with van der Waals surface area (Å²) in [4.78, 5) is 74.0. The Labute approximate surface area is 253 Å². The van der Waals surface area contributed by atoms with Gasteiger partial charge in [-0.3, -0.25) is 29.0 Å². The fraction of sp³-hybridized carbons (Fsp3) is 0.448. The number of hydrazine groups is 1. The maximum Gasteiger partial charge on any atom is 0.305 e. The molecule has 4 N–H and O–H groups in total. The molecule has 1 unspecified atom stereocenters. The second kappa shape index (κ2) is 16.8. The van der Waals surface area contributed by atoms with E-state index in [9.17, 15) is 33.9 Å². The number of amides is 3. The quantitative estimate of drug-likeness (QED) is 0.216. The van der Waals surface area contributed by atoms with E-state index in [-0.39, 0.29) is 36.3 Å². The number of aliphatic carboxylic acids is 1. The summed E-state index contributed by atoms with van der Waals surface area (Å²) in [6.45, 7) is 0.329. The van der Waals surface area contributed by atoms with Crippen molar-refractivity contribution in [2.24, 2.45) is 5.92 Å². The molecule has 1 aromatic carbocycles. The van der Waals surface area contributed by atoms with Crippen molar-refractivity contribution >= 4 is 59.1 Å². The van der Waals surface area contributed by atoms with E-state index in [2.05, 4.69) is 16.1 Å². The van der Waals surface area contributed by atoms with Gasteiger partial charge in [-0.2, -0.15) is 0 Å². The largest absolute Gasteiger partial charge is 0.481 e. The minimum Gasteiger partial charge on any atom is -0.481 e. The van der Waals surface area contributed by atoms with Crippen molar-refractivity contribution in [1.29, 1.82) is 0 Å². The third kappa shape index (κ3) is 10.4. The van der Waals surface area contributed by atoms with Gasteiger partial charge in [-0.1, -0.05) is 54.1 Å². The molecule has 0 saturated carbocycles. The van der Waals surface area contributed by atoms with Crippen molar-refractivity contribution in [2.45, 2.75) is 62.4 Å². The van der Waals surface area contributed by atoms with E-state index in [0.717, 1.165) is 5.56 Å². The van der Waals surface area contributed by atoms with Crippen LogP contribution in [0.1, 0.15) is 44.1 Å². The topological polar surface area (TPSA) is 162 Å². The van der Waals surface area contributed by atoms with E-state index in [0.29, 0.717) is 42.9 Å². The number of Topliss-reactive ketones (excluding diaryl/α,β-unsaturated/α-hetero) is 1. The molecule has 1 aromatic rings. The van der Waals surface area contributed by atoms with Gasteiger partial charge in [0.2, 0.25) is 17.7 Å². The van der Waals surface area contributed by atoms with Crippen molar-refractivity contribution < 1.29 is 33.9 Å². The summed E-state index contributed by atoms with van der Waals surface area (Å²) >= 11 is 7.42. The lowest BCUT2D eigenvalue weighted by Crippen LogP contribution is -2.59. The molecule has 13 heteroatoms. The fourth-order valence-electron chi connectivity index (χ4n) is 4.48. The van der Waals surface area contributed by atoms with Gasteiger partial charge in [0.25, 0.3) is 0 Å². The number of hydrogen-bond acceptors (Lipinski definition) is 8. The summed E-state index contributed by atoms with van der Waals surface area (Å²) in [6.07, 6.45) is 8.70. The number of carbonyl (C=O) groups is 6. The molecule has 1 saturated heterocycles. The summed E-state index contributed by atoms with van der Waals surface area (Å²) in [5, 5.41) is 16.4. The van der Waals surface area contributed by atoms with Crippen LogP contribution in [0.4, 0.5) is 0 Å². The number of nitrogens with one attached hydrogen (secondary N) is 3. The lowest BCUT2D eigenvalue weighted by Gasteiger charge is -2.34. The average Bonchev–Trinajstić information content (AvgIpc) is 2.99. The molecular weight excluding hydrogens is 584 g/mol. The number of thioether (sulfide) groups is 1. The Balaban J connectivity index is 1.48. The zero-order chi connectivity index (χ0) is 30.5. The Morgan fingerprint density at radius 1 is 1.14 bits per heavy atom. The third-order valence-electron chi connectivity index (χ3n) is 6.83. The van der Waals surface area contributed by atoms with Crippen molar-refractivity contribution in [3.8, 4) is 0 Å². The van der Waals surface area contributed by atoms with Crippen LogP contribution >= 0.6 is 23.4 Å². The molecule has 1 aliphatic heterocycles. The first-order valence-corrected chi connectivity index (χ1v) is 15.2. The number of hydrogen-bond donors (Lipinski definition) is 4. The van der Waals surface area contributed by atoms with E-state index in [1.54, 1.807) is 24.3 Å². The minimum atomic E-state index is -1.23. The van der Waals surface area contributed by atoms with Crippen LogP contribution < -0.4 is 16.1 Å². The first kappa shape index (κ1) is 33.0. The second-order valence-electron chi connectivity index (χ2n) is 10.0. The average molecular weight is 619 g/mol. The van der Waals surface area contributed by atoms with E-state index in [4.69, 9.17) is 11.6 Å². The van der Waals surface area contributed by atoms with Gasteiger partial charge in [-0.25, -0.2) is 5.43 Å². The van der Waals surface area contributed by atoms with Gasteiger partial charge in [0.05, 0.1) is 30.2 Å². The number of carboxylic acids is 1. The number of aldehydes is 1. The van der Waals surface area contributed by atoms with Crippen LogP contribution in [0.3, 0.4) is 0 Å². The molecule has 0 bridgehead atoms. The van der Waals surface area contributed by atoms with Crippen molar-refractivity contribution in [3.05, 3.63) is 59.2 Å². The zero-order valence-corrected chi connectivity index (χ0v) is 24.6. The summed E-state index contributed by atoms with van der Waals surface area (Å²) in [5.41, 5.74) is 3.70. The van der Waals surface area contributed by atoms with Crippen LogP contribution in [0.15, 0.2) is 48.6 Å². The van der Waals surface area contributed by atoms with Crippen LogP contribution in [0.25, 0.3) is 0 Å². The number of nitrogens with zero attached hydrogens (tertiary/aromatic N) is 1. The summed E-state index contributed by atoms with van der Waals surface area (Å²) in [5.74, 6) is -2.84. The Morgan fingerprint density at radius 2 is 1.93 bits per heavy atom. The van der Waals surface area contributed by atoms with Gasteiger partial charge >= 0.3 is 5.97 Å². The number of carboxylic acid groups (broad SMARTS) is 1. The van der Waals surface area contributed by atoms with Gasteiger partial charge in [0.1, 0.15) is 12.3 Å². The Hall–Kier alpha value is -3.48. The smallest absolute Gasteiger partial charge is 0.305 e. The number of benzene rings is 1. The predicted octanol–water partition coefficient (Wildman–Crippen LogP) is 2.19. The molecule has 3 amide bonds. The van der Waals surface area contributed by atoms with Gasteiger partial charge in [-0.05, 0) is 37.3 Å². The van der Waals surface area contributed by atoms with Crippen LogP contribution in [-0.2, 0) is 34.5 Å². The summed E-state index contributed by atoms with van der Waals surface area (Å²) in [7, 11) is 0. The van der Waals surface area contributed by atoms with Gasteiger partial charge in [0.15, 0.2) is 5.78 Å². The number of allylic oxidation sites excluding steroid dienone is 3. The Kier molecular flexibility index (Phi) is 13.2. The first-order valence-electron chi connectivity index (χ1n) is 13.7. The summed E-state index contributed by atoms with van der Waals surface area (Å²) in [6, 6.07) is 4.29. The Morgan fingerprint density at radius 3 is 2.62 bits per heavy atom. The molecule has 1 fully saturated rings. The highest BCUT2D eigenvalue weighted by molar-refractivity contribution is 7.99. The highest BCUT2D eigenvalue weighted by Crippen LogP contribution is 2.21. The number of halogens is 1. The van der Waals surface area contributed by atoms with E-state index < -0.39 is 42.2 Å². The van der Waals surface area contributed by atoms with Crippen LogP contribution in [0.2, 0.25) is 5.02 Å². The standard InChI is InChI=1S/C29H35ClN4O7S/c30-22-10-5-4-9-20(22)17-42-18-25(36)24(15-27(38)39)32-29(41)23-11-6-14-34(33-23)26(37)13-12-21(16-35)31-28(40)19-7-2-1-3-8-19/h1-5,7,9-10,16,19,21,23-24,33H,6,8,11-15,17-18H2,(H,31,40)(H,32,41)(H,38,39)/t19?,21-,23-,24-/m0/s1.